The Morgan fingerprint density at radius 3 is 2.58 bits per heavy atom. The number of carbonyl (C=O) groups is 1. The highest BCUT2D eigenvalue weighted by molar-refractivity contribution is 5.99. The highest BCUT2D eigenvalue weighted by atomic mass is 19.1. The maximum atomic E-state index is 13.3. The largest absolute Gasteiger partial charge is 0.469 e. The minimum absolute atomic E-state index is 0.113. The fraction of sp³-hybridized carbons (Fsp3) is 0.150. The topological polar surface area (TPSA) is 76.0 Å². The summed E-state index contributed by atoms with van der Waals surface area (Å²) in [5.74, 6) is -0.104. The number of nitrogens with zero attached hydrogens (tertiary/aromatic N) is 2. The van der Waals surface area contributed by atoms with Crippen LogP contribution in [0.25, 0.3) is 5.69 Å². The van der Waals surface area contributed by atoms with E-state index in [9.17, 15) is 19.2 Å². The Labute approximate surface area is 147 Å². The van der Waals surface area contributed by atoms with Crippen LogP contribution < -0.4 is 5.56 Å². The van der Waals surface area contributed by atoms with Crippen molar-refractivity contribution in [3.05, 3.63) is 87.5 Å². The van der Waals surface area contributed by atoms with Crippen molar-refractivity contribution >= 4 is 5.78 Å². The van der Waals surface area contributed by atoms with Gasteiger partial charge in [-0.2, -0.15) is 5.26 Å². The lowest BCUT2D eigenvalue weighted by molar-refractivity contribution is 0.0958. The number of ketones is 1. The summed E-state index contributed by atoms with van der Waals surface area (Å²) < 4.78 is 20.1. The fourth-order valence-corrected chi connectivity index (χ4v) is 3.40. The molecule has 1 aromatic carbocycles. The number of nitriles is 1. The number of aromatic nitrogens is 1. The minimum atomic E-state index is -0.522. The van der Waals surface area contributed by atoms with Gasteiger partial charge in [0.1, 0.15) is 23.2 Å². The van der Waals surface area contributed by atoms with E-state index < -0.39 is 11.4 Å². The number of benzene rings is 1. The Balaban J connectivity index is 1.95. The molecule has 1 aliphatic carbocycles. The van der Waals surface area contributed by atoms with Crippen LogP contribution in [0.4, 0.5) is 4.39 Å². The molecule has 0 aliphatic heterocycles. The number of hydrogen-bond donors (Lipinski definition) is 0. The lowest BCUT2D eigenvalue weighted by Crippen LogP contribution is -2.31. The van der Waals surface area contributed by atoms with E-state index in [1.165, 1.54) is 34.9 Å². The molecule has 128 valence electrons. The summed E-state index contributed by atoms with van der Waals surface area (Å²) in [4.78, 5) is 25.5. The van der Waals surface area contributed by atoms with Crippen LogP contribution in [0.1, 0.15) is 39.7 Å². The summed E-state index contributed by atoms with van der Waals surface area (Å²) in [7, 11) is 0. The second-order valence-electron chi connectivity index (χ2n) is 6.19. The number of pyridine rings is 1. The average molecular weight is 348 g/mol. The molecule has 0 amide bonds. The minimum Gasteiger partial charge on any atom is -0.469 e. The molecule has 1 unspecified atom stereocenters. The molecule has 0 radical (unpaired) electrons. The highest BCUT2D eigenvalue weighted by Gasteiger charge is 2.31. The molecular weight excluding hydrogens is 335 g/mol. The molecule has 5 nitrogen and oxygen atoms in total. The molecule has 0 N–H and O–H groups in total. The predicted octanol–water partition coefficient (Wildman–Crippen LogP) is 3.35. The van der Waals surface area contributed by atoms with Crippen LogP contribution in [0.5, 0.6) is 0 Å². The number of rotatable bonds is 2. The summed E-state index contributed by atoms with van der Waals surface area (Å²) >= 11 is 0. The van der Waals surface area contributed by atoms with Gasteiger partial charge < -0.3 is 4.42 Å². The van der Waals surface area contributed by atoms with E-state index >= 15 is 0 Å². The van der Waals surface area contributed by atoms with E-state index in [-0.39, 0.29) is 23.7 Å². The normalized spacial score (nSPS) is 16.2. The third-order valence-electron chi connectivity index (χ3n) is 4.63. The van der Waals surface area contributed by atoms with Gasteiger partial charge in [-0.15, -0.1) is 0 Å². The second kappa shape index (κ2) is 6.12. The number of hydrogen-bond acceptors (Lipinski definition) is 4. The molecule has 0 fully saturated rings. The van der Waals surface area contributed by atoms with Gasteiger partial charge in [0.2, 0.25) is 0 Å². The van der Waals surface area contributed by atoms with E-state index in [4.69, 9.17) is 4.42 Å². The van der Waals surface area contributed by atoms with Gasteiger partial charge in [-0.25, -0.2) is 4.39 Å². The van der Waals surface area contributed by atoms with Crippen molar-refractivity contribution in [3.63, 3.8) is 0 Å². The fourth-order valence-electron chi connectivity index (χ4n) is 3.40. The summed E-state index contributed by atoms with van der Waals surface area (Å²) in [6.45, 7) is 0. The molecule has 6 heteroatoms. The van der Waals surface area contributed by atoms with Crippen LogP contribution >= 0.6 is 0 Å². The summed E-state index contributed by atoms with van der Waals surface area (Å²) in [6, 6.07) is 12.1. The van der Waals surface area contributed by atoms with Gasteiger partial charge >= 0.3 is 0 Å². The standard InChI is InChI=1S/C20H13FN2O3/c21-14-3-5-15(6-4-14)23-17-9-12(19-2-1-7-26-19)10-18(24)16(17)8-13(11-22)20(23)25/h1-8,12H,9-10H2. The molecule has 26 heavy (non-hydrogen) atoms. The predicted molar refractivity (Wildman–Crippen MR) is 90.8 cm³/mol. The molecule has 2 heterocycles. The van der Waals surface area contributed by atoms with Crippen LogP contribution in [0.15, 0.2) is 57.9 Å². The number of carbonyl (C=O) groups excluding carboxylic acids is 1. The Hall–Kier alpha value is -3.46. The van der Waals surface area contributed by atoms with Crippen molar-refractivity contribution in [2.45, 2.75) is 18.8 Å². The monoisotopic (exact) mass is 348 g/mol. The van der Waals surface area contributed by atoms with Gasteiger partial charge in [-0.05, 0) is 48.9 Å². The van der Waals surface area contributed by atoms with E-state index in [0.29, 0.717) is 29.1 Å². The molecule has 1 aliphatic rings. The lowest BCUT2D eigenvalue weighted by Gasteiger charge is -2.25. The number of Topliss-reactive ketones (excluding diaryl/α,β-unsaturated/α-hetero) is 1. The van der Waals surface area contributed by atoms with Crippen LogP contribution in [0, 0.1) is 17.1 Å². The van der Waals surface area contributed by atoms with Crippen LogP contribution in [0.3, 0.4) is 0 Å². The van der Waals surface area contributed by atoms with Crippen molar-refractivity contribution < 1.29 is 13.6 Å². The van der Waals surface area contributed by atoms with Gasteiger partial charge in [-0.1, -0.05) is 0 Å². The summed E-state index contributed by atoms with van der Waals surface area (Å²) in [5.41, 5.74) is 0.646. The smallest absolute Gasteiger partial charge is 0.273 e. The Bertz CT molecular complexity index is 1090. The van der Waals surface area contributed by atoms with Gasteiger partial charge in [0, 0.05) is 29.3 Å². The Morgan fingerprint density at radius 2 is 1.92 bits per heavy atom. The molecule has 1 atom stereocenters. The zero-order valence-electron chi connectivity index (χ0n) is 13.6. The van der Waals surface area contributed by atoms with E-state index in [1.807, 2.05) is 6.07 Å². The maximum Gasteiger partial charge on any atom is 0.273 e. The maximum absolute atomic E-state index is 13.3. The first-order valence-corrected chi connectivity index (χ1v) is 8.10. The van der Waals surface area contributed by atoms with Gasteiger partial charge in [0.25, 0.3) is 5.56 Å². The number of fused-ring (bicyclic) bond motifs is 1. The molecule has 0 saturated heterocycles. The van der Waals surface area contributed by atoms with Crippen LogP contribution in [0.2, 0.25) is 0 Å². The van der Waals surface area contributed by atoms with Crippen LogP contribution in [-0.2, 0) is 6.42 Å². The molecule has 4 rings (SSSR count). The molecule has 0 bridgehead atoms. The lowest BCUT2D eigenvalue weighted by atomic mass is 9.83. The van der Waals surface area contributed by atoms with Crippen molar-refractivity contribution in [2.24, 2.45) is 0 Å². The molecule has 2 aromatic heterocycles. The van der Waals surface area contributed by atoms with Crippen molar-refractivity contribution in [2.75, 3.05) is 0 Å². The zero-order chi connectivity index (χ0) is 18.3. The molecule has 0 saturated carbocycles. The first-order chi connectivity index (χ1) is 12.6. The quantitative estimate of drug-likeness (QED) is 0.712. The van der Waals surface area contributed by atoms with E-state index in [0.717, 1.165) is 0 Å². The van der Waals surface area contributed by atoms with Crippen molar-refractivity contribution in [1.82, 2.24) is 4.57 Å². The number of furan rings is 1. The van der Waals surface area contributed by atoms with Gasteiger partial charge in [-0.3, -0.25) is 14.2 Å². The van der Waals surface area contributed by atoms with Crippen molar-refractivity contribution in [1.29, 1.82) is 5.26 Å². The third kappa shape index (κ3) is 2.54. The first kappa shape index (κ1) is 16.0. The molecule has 3 aromatic rings. The highest BCUT2D eigenvalue weighted by Crippen LogP contribution is 2.33. The first-order valence-electron chi connectivity index (χ1n) is 8.10. The second-order valence-corrected chi connectivity index (χ2v) is 6.19. The van der Waals surface area contributed by atoms with E-state index in [2.05, 4.69) is 0 Å². The number of halogens is 1. The molecular formula is C20H13FN2O3. The zero-order valence-corrected chi connectivity index (χ0v) is 13.6. The third-order valence-corrected chi connectivity index (χ3v) is 4.63. The van der Waals surface area contributed by atoms with Crippen LogP contribution in [-0.4, -0.2) is 10.4 Å². The summed E-state index contributed by atoms with van der Waals surface area (Å²) in [5, 5.41) is 9.27. The Morgan fingerprint density at radius 1 is 1.15 bits per heavy atom. The average Bonchev–Trinajstić information content (AvgIpc) is 3.17. The molecule has 0 spiro atoms. The van der Waals surface area contributed by atoms with Gasteiger partial charge in [0.15, 0.2) is 5.78 Å². The Kier molecular flexibility index (Phi) is 3.77. The SMILES string of the molecule is N#Cc1cc2c(n(-c3ccc(F)cc3)c1=O)CC(c1ccco1)CC2=O. The van der Waals surface area contributed by atoms with E-state index in [1.54, 1.807) is 18.4 Å². The van der Waals surface area contributed by atoms with Crippen molar-refractivity contribution in [3.8, 4) is 11.8 Å². The van der Waals surface area contributed by atoms with Gasteiger partial charge in [0.05, 0.1) is 6.26 Å². The summed E-state index contributed by atoms with van der Waals surface area (Å²) in [6.07, 6.45) is 2.20.